The van der Waals surface area contributed by atoms with Crippen LogP contribution in [0.3, 0.4) is 0 Å². The number of aliphatic imine (C=N–C) groups is 1. The number of anilines is 1. The SMILES string of the molecule is CC(C)CN=C(NCC1CCS(=O)(=O)C1)N1CCN(c2ncccn2)CC1.I. The van der Waals surface area contributed by atoms with E-state index in [0.717, 1.165) is 51.1 Å². The van der Waals surface area contributed by atoms with E-state index in [-0.39, 0.29) is 35.6 Å². The molecule has 0 amide bonds. The maximum Gasteiger partial charge on any atom is 0.225 e. The molecule has 3 heterocycles. The first-order valence-electron chi connectivity index (χ1n) is 9.68. The highest BCUT2D eigenvalue weighted by Crippen LogP contribution is 2.17. The number of halogens is 1. The minimum absolute atomic E-state index is 0. The summed E-state index contributed by atoms with van der Waals surface area (Å²) in [7, 11) is -2.85. The molecule has 2 aliphatic heterocycles. The van der Waals surface area contributed by atoms with Crippen molar-refractivity contribution in [3.05, 3.63) is 18.5 Å². The fourth-order valence-corrected chi connectivity index (χ4v) is 5.24. The molecule has 2 saturated heterocycles. The van der Waals surface area contributed by atoms with Gasteiger partial charge in [0.2, 0.25) is 5.95 Å². The van der Waals surface area contributed by atoms with E-state index in [2.05, 4.69) is 38.9 Å². The fraction of sp³-hybridized carbons (Fsp3) is 0.722. The summed E-state index contributed by atoms with van der Waals surface area (Å²) in [4.78, 5) is 17.9. The van der Waals surface area contributed by atoms with Crippen LogP contribution in [0.5, 0.6) is 0 Å². The lowest BCUT2D eigenvalue weighted by atomic mass is 10.1. The summed E-state index contributed by atoms with van der Waals surface area (Å²) in [6.07, 6.45) is 4.27. The topological polar surface area (TPSA) is 90.8 Å². The molecule has 1 atom stereocenters. The lowest BCUT2D eigenvalue weighted by Crippen LogP contribution is -2.53. The Kier molecular flexibility index (Phi) is 8.72. The van der Waals surface area contributed by atoms with Gasteiger partial charge in [0.25, 0.3) is 0 Å². The molecule has 0 aliphatic carbocycles. The molecule has 0 saturated carbocycles. The molecule has 1 aromatic heterocycles. The van der Waals surface area contributed by atoms with E-state index < -0.39 is 9.84 Å². The number of hydrogen-bond acceptors (Lipinski definition) is 6. The Morgan fingerprint density at radius 1 is 1.25 bits per heavy atom. The fourth-order valence-electron chi connectivity index (χ4n) is 3.38. The molecule has 10 heteroatoms. The summed E-state index contributed by atoms with van der Waals surface area (Å²) in [6.45, 7) is 9.07. The maximum atomic E-state index is 11.7. The minimum atomic E-state index is -2.85. The van der Waals surface area contributed by atoms with Gasteiger partial charge in [-0.05, 0) is 24.3 Å². The van der Waals surface area contributed by atoms with Gasteiger partial charge in [0, 0.05) is 51.7 Å². The monoisotopic (exact) mass is 522 g/mol. The van der Waals surface area contributed by atoms with Crippen molar-refractivity contribution >= 4 is 45.7 Å². The van der Waals surface area contributed by atoms with E-state index in [1.54, 1.807) is 12.4 Å². The number of hydrogen-bond donors (Lipinski definition) is 1. The molecule has 1 aromatic rings. The quantitative estimate of drug-likeness (QED) is 0.354. The van der Waals surface area contributed by atoms with E-state index in [1.807, 2.05) is 6.07 Å². The van der Waals surface area contributed by atoms with Gasteiger partial charge in [-0.15, -0.1) is 24.0 Å². The van der Waals surface area contributed by atoms with Gasteiger partial charge in [-0.25, -0.2) is 18.4 Å². The van der Waals surface area contributed by atoms with Crippen LogP contribution in [-0.4, -0.2) is 80.0 Å². The summed E-state index contributed by atoms with van der Waals surface area (Å²) >= 11 is 0. The van der Waals surface area contributed by atoms with Crippen molar-refractivity contribution < 1.29 is 8.42 Å². The molecular formula is C18H31IN6O2S. The van der Waals surface area contributed by atoms with Crippen LogP contribution in [0.4, 0.5) is 5.95 Å². The summed E-state index contributed by atoms with van der Waals surface area (Å²) in [5, 5.41) is 3.44. The Morgan fingerprint density at radius 3 is 2.50 bits per heavy atom. The largest absolute Gasteiger partial charge is 0.356 e. The first-order chi connectivity index (χ1) is 12.9. The van der Waals surface area contributed by atoms with Crippen molar-refractivity contribution in [3.63, 3.8) is 0 Å². The van der Waals surface area contributed by atoms with Crippen LogP contribution in [-0.2, 0) is 9.84 Å². The standard InChI is InChI=1S/C18H30N6O2S.HI/c1-15(2)12-21-18(22-13-16-4-11-27(25,26)14-16)24-9-7-23(8-10-24)17-19-5-3-6-20-17;/h3,5-6,15-16H,4,7-14H2,1-2H3,(H,21,22);1H. The highest BCUT2D eigenvalue weighted by Gasteiger charge is 2.28. The maximum absolute atomic E-state index is 11.7. The van der Waals surface area contributed by atoms with Crippen LogP contribution in [0.2, 0.25) is 0 Å². The zero-order valence-electron chi connectivity index (χ0n) is 16.6. The molecular weight excluding hydrogens is 491 g/mol. The molecule has 158 valence electrons. The predicted molar refractivity (Wildman–Crippen MR) is 123 cm³/mol. The van der Waals surface area contributed by atoms with Crippen LogP contribution in [0, 0.1) is 11.8 Å². The average molecular weight is 522 g/mol. The smallest absolute Gasteiger partial charge is 0.225 e. The van der Waals surface area contributed by atoms with Crippen LogP contribution >= 0.6 is 24.0 Å². The molecule has 2 fully saturated rings. The number of nitrogens with one attached hydrogen (secondary N) is 1. The van der Waals surface area contributed by atoms with Crippen LogP contribution in [0.15, 0.2) is 23.5 Å². The zero-order chi connectivity index (χ0) is 19.3. The third-order valence-corrected chi connectivity index (χ3v) is 6.73. The lowest BCUT2D eigenvalue weighted by molar-refractivity contribution is 0.365. The van der Waals surface area contributed by atoms with Gasteiger partial charge >= 0.3 is 0 Å². The van der Waals surface area contributed by atoms with Gasteiger partial charge in [0.1, 0.15) is 0 Å². The van der Waals surface area contributed by atoms with Crippen molar-refractivity contribution in [1.82, 2.24) is 20.2 Å². The Labute approximate surface area is 185 Å². The summed E-state index contributed by atoms with van der Waals surface area (Å²) < 4.78 is 23.4. The summed E-state index contributed by atoms with van der Waals surface area (Å²) in [5.74, 6) is 2.92. The number of rotatable bonds is 5. The lowest BCUT2D eigenvalue weighted by Gasteiger charge is -2.36. The van der Waals surface area contributed by atoms with Crippen LogP contribution in [0.25, 0.3) is 0 Å². The van der Waals surface area contributed by atoms with Crippen molar-refractivity contribution in [2.75, 3.05) is 55.7 Å². The van der Waals surface area contributed by atoms with E-state index >= 15 is 0 Å². The highest BCUT2D eigenvalue weighted by molar-refractivity contribution is 14.0. The first-order valence-corrected chi connectivity index (χ1v) is 11.5. The molecule has 2 aliphatic rings. The van der Waals surface area contributed by atoms with E-state index in [0.29, 0.717) is 18.2 Å². The number of piperazine rings is 1. The van der Waals surface area contributed by atoms with Crippen molar-refractivity contribution in [1.29, 1.82) is 0 Å². The van der Waals surface area contributed by atoms with E-state index in [4.69, 9.17) is 4.99 Å². The molecule has 1 unspecified atom stereocenters. The summed E-state index contributed by atoms with van der Waals surface area (Å²) in [5.41, 5.74) is 0. The highest BCUT2D eigenvalue weighted by atomic mass is 127. The number of nitrogens with zero attached hydrogens (tertiary/aromatic N) is 5. The molecule has 0 aromatic carbocycles. The van der Waals surface area contributed by atoms with E-state index in [1.165, 1.54) is 0 Å². The Hall–Kier alpha value is -1.17. The van der Waals surface area contributed by atoms with Crippen molar-refractivity contribution in [2.45, 2.75) is 20.3 Å². The third-order valence-electron chi connectivity index (χ3n) is 4.90. The average Bonchev–Trinajstić information content (AvgIpc) is 3.01. The van der Waals surface area contributed by atoms with Gasteiger partial charge in [-0.3, -0.25) is 4.99 Å². The predicted octanol–water partition coefficient (Wildman–Crippen LogP) is 1.25. The van der Waals surface area contributed by atoms with Crippen molar-refractivity contribution in [3.8, 4) is 0 Å². The van der Waals surface area contributed by atoms with Crippen LogP contribution < -0.4 is 10.2 Å². The molecule has 28 heavy (non-hydrogen) atoms. The van der Waals surface area contributed by atoms with Gasteiger partial charge in [0.05, 0.1) is 11.5 Å². The second-order valence-corrected chi connectivity index (χ2v) is 9.96. The minimum Gasteiger partial charge on any atom is -0.356 e. The first kappa shape index (κ1) is 23.1. The molecule has 8 nitrogen and oxygen atoms in total. The number of sulfone groups is 1. The Bertz CT molecular complexity index is 736. The van der Waals surface area contributed by atoms with Crippen LogP contribution in [0.1, 0.15) is 20.3 Å². The van der Waals surface area contributed by atoms with Gasteiger partial charge in [-0.2, -0.15) is 0 Å². The molecule has 1 N–H and O–H groups in total. The number of aromatic nitrogens is 2. The summed E-state index contributed by atoms with van der Waals surface area (Å²) in [6, 6.07) is 1.82. The number of guanidine groups is 1. The second-order valence-electron chi connectivity index (χ2n) is 7.73. The second kappa shape index (κ2) is 10.6. The normalized spacial score (nSPS) is 22.2. The molecule has 0 spiro atoms. The zero-order valence-corrected chi connectivity index (χ0v) is 19.8. The Balaban J connectivity index is 0.00000280. The van der Waals surface area contributed by atoms with Gasteiger partial charge < -0.3 is 15.1 Å². The Morgan fingerprint density at radius 2 is 1.93 bits per heavy atom. The van der Waals surface area contributed by atoms with Crippen molar-refractivity contribution in [2.24, 2.45) is 16.8 Å². The van der Waals surface area contributed by atoms with E-state index in [9.17, 15) is 8.42 Å². The molecule has 3 rings (SSSR count). The third kappa shape index (κ3) is 6.71. The molecule has 0 radical (unpaired) electrons. The van der Waals surface area contributed by atoms with Gasteiger partial charge in [0.15, 0.2) is 15.8 Å². The van der Waals surface area contributed by atoms with Gasteiger partial charge in [-0.1, -0.05) is 13.8 Å². The molecule has 0 bridgehead atoms.